The number of carboxylic acid groups (broad SMARTS) is 1. The second-order valence-electron chi connectivity index (χ2n) is 6.14. The number of carboxylic acids is 1. The lowest BCUT2D eigenvalue weighted by molar-refractivity contribution is -0.138. The van der Waals surface area contributed by atoms with Crippen molar-refractivity contribution in [3.63, 3.8) is 0 Å². The van der Waals surface area contributed by atoms with Gasteiger partial charge in [-0.2, -0.15) is 0 Å². The van der Waals surface area contributed by atoms with Crippen LogP contribution in [-0.2, 0) is 15.0 Å². The van der Waals surface area contributed by atoms with Crippen LogP contribution < -0.4 is 10.2 Å². The van der Waals surface area contributed by atoms with Crippen LogP contribution >= 0.6 is 0 Å². The monoisotopic (exact) mass is 276 g/mol. The average Bonchev–Trinajstić information content (AvgIpc) is 2.33. The number of likely N-dealkylation sites (N-methyl/N-ethyl adjacent to an activating group) is 1. The fraction of sp³-hybridized carbons (Fsp3) is 0.467. The number of carbonyl (C=O) groups is 2. The van der Waals surface area contributed by atoms with E-state index in [9.17, 15) is 9.59 Å². The van der Waals surface area contributed by atoms with Gasteiger partial charge in [0.15, 0.2) is 0 Å². The van der Waals surface area contributed by atoms with E-state index in [-0.39, 0.29) is 17.7 Å². The molecule has 0 saturated heterocycles. The molecule has 5 heteroatoms. The molecule has 108 valence electrons. The van der Waals surface area contributed by atoms with Gasteiger partial charge in [0.05, 0.1) is 17.8 Å². The van der Waals surface area contributed by atoms with Gasteiger partial charge in [-0.25, -0.2) is 0 Å². The van der Waals surface area contributed by atoms with Crippen molar-refractivity contribution in [3.8, 4) is 0 Å². The number of nitrogens with one attached hydrogen (secondary N) is 1. The number of hydrogen-bond donors (Lipinski definition) is 2. The van der Waals surface area contributed by atoms with E-state index in [2.05, 4.69) is 26.1 Å². The van der Waals surface area contributed by atoms with Crippen LogP contribution in [0.3, 0.4) is 0 Å². The fourth-order valence-corrected chi connectivity index (χ4v) is 2.50. The van der Waals surface area contributed by atoms with Gasteiger partial charge in [0.25, 0.3) is 0 Å². The van der Waals surface area contributed by atoms with E-state index in [0.29, 0.717) is 0 Å². The van der Waals surface area contributed by atoms with E-state index in [1.54, 1.807) is 7.05 Å². The van der Waals surface area contributed by atoms with E-state index < -0.39 is 12.0 Å². The Hall–Kier alpha value is -2.04. The summed E-state index contributed by atoms with van der Waals surface area (Å²) in [4.78, 5) is 24.6. The molecule has 5 nitrogen and oxygen atoms in total. The minimum atomic E-state index is -0.985. The van der Waals surface area contributed by atoms with Gasteiger partial charge in [-0.05, 0) is 17.0 Å². The number of anilines is 2. The van der Waals surface area contributed by atoms with Gasteiger partial charge < -0.3 is 15.3 Å². The molecule has 1 unspecified atom stereocenters. The molecular formula is C15H20N2O3. The van der Waals surface area contributed by atoms with Gasteiger partial charge in [0, 0.05) is 7.05 Å². The van der Waals surface area contributed by atoms with Crippen molar-refractivity contribution in [1.82, 2.24) is 0 Å². The van der Waals surface area contributed by atoms with Crippen LogP contribution in [0.25, 0.3) is 0 Å². The highest BCUT2D eigenvalue weighted by atomic mass is 16.4. The van der Waals surface area contributed by atoms with Gasteiger partial charge in [0.1, 0.15) is 6.04 Å². The van der Waals surface area contributed by atoms with Crippen molar-refractivity contribution < 1.29 is 14.7 Å². The van der Waals surface area contributed by atoms with Gasteiger partial charge in [-0.15, -0.1) is 0 Å². The molecule has 1 aromatic carbocycles. The Morgan fingerprint density at radius 1 is 1.40 bits per heavy atom. The summed E-state index contributed by atoms with van der Waals surface area (Å²) in [6.07, 6.45) is -0.221. The molecule has 0 fully saturated rings. The smallest absolute Gasteiger partial charge is 0.305 e. The van der Waals surface area contributed by atoms with E-state index in [4.69, 9.17) is 5.11 Å². The van der Waals surface area contributed by atoms with Crippen molar-refractivity contribution in [1.29, 1.82) is 0 Å². The zero-order valence-corrected chi connectivity index (χ0v) is 12.2. The number of amides is 1. The number of aliphatic carboxylic acids is 1. The molecule has 1 aliphatic heterocycles. The number of nitrogens with zero attached hydrogens (tertiary/aromatic N) is 1. The van der Waals surface area contributed by atoms with E-state index in [1.807, 2.05) is 18.2 Å². The van der Waals surface area contributed by atoms with Crippen molar-refractivity contribution in [2.75, 3.05) is 17.3 Å². The summed E-state index contributed by atoms with van der Waals surface area (Å²) in [5, 5.41) is 12.0. The Morgan fingerprint density at radius 2 is 2.05 bits per heavy atom. The van der Waals surface area contributed by atoms with Crippen molar-refractivity contribution in [3.05, 3.63) is 23.8 Å². The van der Waals surface area contributed by atoms with Crippen LogP contribution in [0.15, 0.2) is 18.2 Å². The first-order valence-electron chi connectivity index (χ1n) is 6.61. The van der Waals surface area contributed by atoms with Gasteiger partial charge in [0.2, 0.25) is 5.91 Å². The molecule has 1 heterocycles. The lowest BCUT2D eigenvalue weighted by Crippen LogP contribution is -2.46. The zero-order valence-electron chi connectivity index (χ0n) is 12.2. The molecule has 1 atom stereocenters. The molecule has 2 N–H and O–H groups in total. The maximum atomic E-state index is 12.2. The highest BCUT2D eigenvalue weighted by Gasteiger charge is 2.34. The first-order chi connectivity index (χ1) is 9.21. The van der Waals surface area contributed by atoms with Crippen LogP contribution in [0.5, 0.6) is 0 Å². The summed E-state index contributed by atoms with van der Waals surface area (Å²) < 4.78 is 0. The molecule has 0 aliphatic carbocycles. The third kappa shape index (κ3) is 2.48. The Labute approximate surface area is 118 Å². The molecule has 20 heavy (non-hydrogen) atoms. The number of benzene rings is 1. The molecular weight excluding hydrogens is 256 g/mol. The van der Waals surface area contributed by atoms with Crippen LogP contribution in [0.2, 0.25) is 0 Å². The number of fused-ring (bicyclic) bond motifs is 1. The average molecular weight is 276 g/mol. The minimum absolute atomic E-state index is 0.0899. The number of para-hydroxylation sites is 1. The van der Waals surface area contributed by atoms with E-state index >= 15 is 0 Å². The highest BCUT2D eigenvalue weighted by Crippen LogP contribution is 2.39. The normalized spacial score (nSPS) is 18.5. The van der Waals surface area contributed by atoms with Gasteiger partial charge in [-0.3, -0.25) is 9.59 Å². The lowest BCUT2D eigenvalue weighted by Gasteiger charge is -2.36. The molecule has 0 saturated carbocycles. The van der Waals surface area contributed by atoms with Crippen LogP contribution in [0, 0.1) is 0 Å². The summed E-state index contributed by atoms with van der Waals surface area (Å²) in [5.41, 5.74) is 2.63. The molecule has 2 rings (SSSR count). The SMILES string of the molecule is CN1C(=O)C(CC(=O)O)Nc2c1cccc2C(C)(C)C. The first kappa shape index (κ1) is 14.4. The second-order valence-corrected chi connectivity index (χ2v) is 6.14. The van der Waals surface area contributed by atoms with Crippen molar-refractivity contribution in [2.24, 2.45) is 0 Å². The Bertz CT molecular complexity index is 561. The quantitative estimate of drug-likeness (QED) is 0.869. The summed E-state index contributed by atoms with van der Waals surface area (Å²) in [7, 11) is 1.68. The Morgan fingerprint density at radius 3 is 2.60 bits per heavy atom. The van der Waals surface area contributed by atoms with Crippen molar-refractivity contribution in [2.45, 2.75) is 38.6 Å². The molecule has 0 radical (unpaired) electrons. The maximum absolute atomic E-state index is 12.2. The lowest BCUT2D eigenvalue weighted by atomic mass is 9.84. The fourth-order valence-electron chi connectivity index (χ4n) is 2.50. The summed E-state index contributed by atoms with van der Waals surface area (Å²) in [5.74, 6) is -1.20. The molecule has 1 aromatic rings. The van der Waals surface area contributed by atoms with Crippen molar-refractivity contribution >= 4 is 23.3 Å². The topological polar surface area (TPSA) is 69.6 Å². The van der Waals surface area contributed by atoms with Crippen LogP contribution in [0.1, 0.15) is 32.8 Å². The third-order valence-electron chi connectivity index (χ3n) is 3.54. The zero-order chi connectivity index (χ0) is 15.1. The molecule has 1 amide bonds. The third-order valence-corrected chi connectivity index (χ3v) is 3.54. The standard InChI is InChI=1S/C15H20N2O3/c1-15(2,3)9-6-5-7-11-13(9)16-10(8-12(18)19)14(20)17(11)4/h5-7,10,16H,8H2,1-4H3,(H,18,19). The van der Waals surface area contributed by atoms with Crippen LogP contribution in [-0.4, -0.2) is 30.1 Å². The summed E-state index contributed by atoms with van der Waals surface area (Å²) in [6.45, 7) is 6.27. The predicted molar refractivity (Wildman–Crippen MR) is 78.2 cm³/mol. The summed E-state index contributed by atoms with van der Waals surface area (Å²) >= 11 is 0. The maximum Gasteiger partial charge on any atom is 0.305 e. The minimum Gasteiger partial charge on any atom is -0.481 e. The summed E-state index contributed by atoms with van der Waals surface area (Å²) in [6, 6.07) is 5.08. The molecule has 0 aromatic heterocycles. The Balaban J connectivity index is 2.50. The number of hydrogen-bond acceptors (Lipinski definition) is 3. The molecule has 1 aliphatic rings. The second kappa shape index (κ2) is 4.81. The highest BCUT2D eigenvalue weighted by molar-refractivity contribution is 6.06. The molecule has 0 bridgehead atoms. The van der Waals surface area contributed by atoms with E-state index in [0.717, 1.165) is 16.9 Å². The predicted octanol–water partition coefficient (Wildman–Crippen LogP) is 2.22. The number of rotatable bonds is 2. The van der Waals surface area contributed by atoms with Gasteiger partial charge in [-0.1, -0.05) is 32.9 Å². The Kier molecular flexibility index (Phi) is 3.46. The first-order valence-corrected chi connectivity index (χ1v) is 6.61. The van der Waals surface area contributed by atoms with E-state index in [1.165, 1.54) is 4.90 Å². The number of carbonyl (C=O) groups excluding carboxylic acids is 1. The largest absolute Gasteiger partial charge is 0.481 e. The van der Waals surface area contributed by atoms with Gasteiger partial charge >= 0.3 is 5.97 Å². The molecule has 0 spiro atoms. The van der Waals surface area contributed by atoms with Crippen LogP contribution in [0.4, 0.5) is 11.4 Å².